The molecule has 2 unspecified atom stereocenters. The molecule has 4 nitrogen and oxygen atoms in total. The number of aromatic nitrogens is 1. The highest BCUT2D eigenvalue weighted by Crippen LogP contribution is 2.29. The first-order valence-corrected chi connectivity index (χ1v) is 7.89. The van der Waals surface area contributed by atoms with E-state index >= 15 is 0 Å². The second-order valence-corrected chi connectivity index (χ2v) is 6.24. The van der Waals surface area contributed by atoms with Crippen LogP contribution in [0.5, 0.6) is 0 Å². The van der Waals surface area contributed by atoms with E-state index < -0.39 is 5.97 Å². The van der Waals surface area contributed by atoms with Gasteiger partial charge in [-0.3, -0.25) is 4.79 Å². The minimum absolute atomic E-state index is 0.147. The number of hydrogen-bond donors (Lipinski definition) is 2. The summed E-state index contributed by atoms with van der Waals surface area (Å²) in [4.78, 5) is 16.8. The van der Waals surface area contributed by atoms with E-state index in [-0.39, 0.29) is 5.92 Å². The molecule has 1 aromatic rings. The minimum atomic E-state index is -0.621. The fraction of sp³-hybridized carbons (Fsp3) is 0.714. The molecule has 2 atom stereocenters. The summed E-state index contributed by atoms with van der Waals surface area (Å²) >= 11 is 1.70. The quantitative estimate of drug-likeness (QED) is 0.787. The maximum atomic E-state index is 11.2. The van der Waals surface area contributed by atoms with Crippen molar-refractivity contribution >= 4 is 17.3 Å². The zero-order chi connectivity index (χ0) is 13.7. The van der Waals surface area contributed by atoms with Gasteiger partial charge in [0.1, 0.15) is 0 Å². The predicted octanol–water partition coefficient (Wildman–Crippen LogP) is 2.47. The number of nitrogens with one attached hydrogen (secondary N) is 1. The van der Waals surface area contributed by atoms with E-state index in [0.717, 1.165) is 44.5 Å². The third kappa shape index (κ3) is 4.01. The van der Waals surface area contributed by atoms with Crippen LogP contribution in [0.25, 0.3) is 0 Å². The first-order valence-electron chi connectivity index (χ1n) is 7.01. The maximum Gasteiger partial charge on any atom is 0.306 e. The molecule has 0 aliphatic heterocycles. The summed E-state index contributed by atoms with van der Waals surface area (Å²) in [7, 11) is 0. The van der Waals surface area contributed by atoms with Gasteiger partial charge in [-0.2, -0.15) is 0 Å². The van der Waals surface area contributed by atoms with Crippen LogP contribution in [-0.2, 0) is 11.2 Å². The predicted molar refractivity (Wildman–Crippen MR) is 76.5 cm³/mol. The first kappa shape index (κ1) is 14.5. The van der Waals surface area contributed by atoms with E-state index in [1.165, 1.54) is 11.3 Å². The Balaban J connectivity index is 1.72. The SMILES string of the molecule is Cc1ncsc1CCNCC1CCCCC1C(=O)O. The van der Waals surface area contributed by atoms with E-state index in [1.807, 2.05) is 12.4 Å². The molecule has 1 aliphatic carbocycles. The molecule has 0 bridgehead atoms. The van der Waals surface area contributed by atoms with E-state index in [4.69, 9.17) is 0 Å². The van der Waals surface area contributed by atoms with Crippen molar-refractivity contribution < 1.29 is 9.90 Å². The minimum Gasteiger partial charge on any atom is -0.481 e. The van der Waals surface area contributed by atoms with E-state index in [2.05, 4.69) is 10.3 Å². The lowest BCUT2D eigenvalue weighted by molar-refractivity contribution is -0.144. The van der Waals surface area contributed by atoms with Gasteiger partial charge < -0.3 is 10.4 Å². The molecule has 1 aliphatic rings. The number of aryl methyl sites for hydroxylation is 1. The second kappa shape index (κ2) is 7.01. The highest BCUT2D eigenvalue weighted by molar-refractivity contribution is 7.09. The van der Waals surface area contributed by atoms with Gasteiger partial charge in [0.2, 0.25) is 0 Å². The largest absolute Gasteiger partial charge is 0.481 e. The van der Waals surface area contributed by atoms with E-state index in [1.54, 1.807) is 11.3 Å². The highest BCUT2D eigenvalue weighted by atomic mass is 32.1. The Morgan fingerprint density at radius 2 is 2.32 bits per heavy atom. The number of nitrogens with zero attached hydrogens (tertiary/aromatic N) is 1. The molecule has 0 saturated heterocycles. The summed E-state index contributed by atoms with van der Waals surface area (Å²) < 4.78 is 0. The summed E-state index contributed by atoms with van der Waals surface area (Å²) in [6.45, 7) is 3.77. The molecule has 1 fully saturated rings. The van der Waals surface area contributed by atoms with Gasteiger partial charge in [0.15, 0.2) is 0 Å². The lowest BCUT2D eigenvalue weighted by atomic mass is 9.79. The third-order valence-corrected chi connectivity index (χ3v) is 5.00. The molecule has 2 rings (SSSR count). The topological polar surface area (TPSA) is 62.2 Å². The van der Waals surface area contributed by atoms with Gasteiger partial charge in [0, 0.05) is 11.4 Å². The van der Waals surface area contributed by atoms with Gasteiger partial charge in [0.25, 0.3) is 0 Å². The van der Waals surface area contributed by atoms with Crippen LogP contribution in [-0.4, -0.2) is 29.1 Å². The Hall–Kier alpha value is -0.940. The number of carbonyl (C=O) groups is 1. The zero-order valence-electron chi connectivity index (χ0n) is 11.4. The summed E-state index contributed by atoms with van der Waals surface area (Å²) in [6, 6.07) is 0. The van der Waals surface area contributed by atoms with Crippen molar-refractivity contribution in [2.45, 2.75) is 39.0 Å². The summed E-state index contributed by atoms with van der Waals surface area (Å²) in [5.74, 6) is -0.468. The van der Waals surface area contributed by atoms with Gasteiger partial charge in [-0.05, 0) is 38.6 Å². The van der Waals surface area contributed by atoms with Crippen LogP contribution in [0, 0.1) is 18.8 Å². The molecule has 5 heteroatoms. The number of hydrogen-bond acceptors (Lipinski definition) is 4. The number of carboxylic acids is 1. The average Bonchev–Trinajstić information content (AvgIpc) is 2.80. The molecular weight excluding hydrogens is 260 g/mol. The van der Waals surface area contributed by atoms with Gasteiger partial charge in [-0.15, -0.1) is 11.3 Å². The van der Waals surface area contributed by atoms with Crippen LogP contribution in [0.1, 0.15) is 36.3 Å². The smallest absolute Gasteiger partial charge is 0.306 e. The van der Waals surface area contributed by atoms with Crippen molar-refractivity contribution in [2.75, 3.05) is 13.1 Å². The number of thiazole rings is 1. The van der Waals surface area contributed by atoms with Crippen LogP contribution >= 0.6 is 11.3 Å². The van der Waals surface area contributed by atoms with Crippen LogP contribution in [0.3, 0.4) is 0 Å². The second-order valence-electron chi connectivity index (χ2n) is 5.30. The Labute approximate surface area is 118 Å². The maximum absolute atomic E-state index is 11.2. The standard InChI is InChI=1S/C14H22N2O2S/c1-10-13(19-9-16-10)6-7-15-8-11-4-2-3-5-12(11)14(17)18/h9,11-12,15H,2-8H2,1H3,(H,17,18). The van der Waals surface area contributed by atoms with Crippen LogP contribution in [0.15, 0.2) is 5.51 Å². The lowest BCUT2D eigenvalue weighted by Gasteiger charge is -2.28. The van der Waals surface area contributed by atoms with Gasteiger partial charge in [-0.25, -0.2) is 4.98 Å². The highest BCUT2D eigenvalue weighted by Gasteiger charge is 2.30. The van der Waals surface area contributed by atoms with Crippen molar-refractivity contribution in [2.24, 2.45) is 11.8 Å². The number of aliphatic carboxylic acids is 1. The summed E-state index contributed by atoms with van der Waals surface area (Å²) in [5.41, 5.74) is 3.00. The van der Waals surface area contributed by atoms with Gasteiger partial charge in [0.05, 0.1) is 17.1 Å². The van der Waals surface area contributed by atoms with Crippen LogP contribution < -0.4 is 5.32 Å². The Bertz CT molecular complexity index is 419. The fourth-order valence-electron chi connectivity index (χ4n) is 2.83. The van der Waals surface area contributed by atoms with Crippen molar-refractivity contribution in [1.82, 2.24) is 10.3 Å². The third-order valence-electron chi connectivity index (χ3n) is 4.01. The van der Waals surface area contributed by atoms with E-state index in [9.17, 15) is 9.90 Å². The molecule has 1 aromatic heterocycles. The van der Waals surface area contributed by atoms with Crippen molar-refractivity contribution in [1.29, 1.82) is 0 Å². The van der Waals surface area contributed by atoms with Crippen molar-refractivity contribution in [3.8, 4) is 0 Å². The summed E-state index contributed by atoms with van der Waals surface area (Å²) in [5, 5.41) is 12.6. The fourth-order valence-corrected chi connectivity index (χ4v) is 3.61. The average molecular weight is 282 g/mol. The molecule has 2 N–H and O–H groups in total. The molecule has 0 amide bonds. The van der Waals surface area contributed by atoms with Gasteiger partial charge in [-0.1, -0.05) is 12.8 Å². The molecule has 1 heterocycles. The first-order chi connectivity index (χ1) is 9.18. The Kier molecular flexibility index (Phi) is 5.34. The van der Waals surface area contributed by atoms with E-state index in [0.29, 0.717) is 5.92 Å². The van der Waals surface area contributed by atoms with Crippen molar-refractivity contribution in [3.05, 3.63) is 16.1 Å². The van der Waals surface area contributed by atoms with Crippen LogP contribution in [0.2, 0.25) is 0 Å². The normalized spacial score (nSPS) is 23.4. The molecular formula is C14H22N2O2S. The van der Waals surface area contributed by atoms with Crippen LogP contribution in [0.4, 0.5) is 0 Å². The molecule has 1 saturated carbocycles. The van der Waals surface area contributed by atoms with Crippen molar-refractivity contribution in [3.63, 3.8) is 0 Å². The Morgan fingerprint density at radius 1 is 1.53 bits per heavy atom. The van der Waals surface area contributed by atoms with Gasteiger partial charge >= 0.3 is 5.97 Å². The lowest BCUT2D eigenvalue weighted by Crippen LogP contribution is -2.35. The molecule has 19 heavy (non-hydrogen) atoms. The molecule has 106 valence electrons. The molecule has 0 radical (unpaired) electrons. The summed E-state index contributed by atoms with van der Waals surface area (Å²) in [6.07, 6.45) is 5.11. The monoisotopic (exact) mass is 282 g/mol. The number of rotatable bonds is 6. The molecule has 0 spiro atoms. The Morgan fingerprint density at radius 3 is 3.00 bits per heavy atom. The number of carboxylic acid groups (broad SMARTS) is 1. The zero-order valence-corrected chi connectivity index (χ0v) is 12.2. The molecule has 0 aromatic carbocycles.